The maximum absolute atomic E-state index is 13.2. The normalized spacial score (nSPS) is 18.6. The number of nitrogens with one attached hydrogen (secondary N) is 3. The van der Waals surface area contributed by atoms with E-state index in [4.69, 9.17) is 20.4 Å². The number of rotatable bonds is 20. The van der Waals surface area contributed by atoms with Crippen molar-refractivity contribution in [1.29, 1.82) is 0 Å². The summed E-state index contributed by atoms with van der Waals surface area (Å²) in [5.74, 6) is -6.06. The van der Waals surface area contributed by atoms with Crippen LogP contribution in [0.5, 0.6) is 0 Å². The van der Waals surface area contributed by atoms with Crippen molar-refractivity contribution in [2.24, 2.45) is 23.5 Å². The highest BCUT2D eigenvalue weighted by Gasteiger charge is 2.38. The second-order valence-electron chi connectivity index (χ2n) is 15.3. The molecule has 0 radical (unpaired) electrons. The summed E-state index contributed by atoms with van der Waals surface area (Å²) in [5.41, 5.74) is 5.15. The summed E-state index contributed by atoms with van der Waals surface area (Å²) >= 11 is 0. The van der Waals surface area contributed by atoms with E-state index in [1.807, 2.05) is 13.8 Å². The van der Waals surface area contributed by atoms with Crippen LogP contribution in [0.3, 0.4) is 0 Å². The Kier molecular flexibility index (Phi) is 20.3. The van der Waals surface area contributed by atoms with Crippen LogP contribution in [0.15, 0.2) is 12.2 Å². The molecule has 1 saturated carbocycles. The van der Waals surface area contributed by atoms with Crippen LogP contribution in [0.1, 0.15) is 112 Å². The summed E-state index contributed by atoms with van der Waals surface area (Å²) in [7, 11) is 0. The van der Waals surface area contributed by atoms with E-state index in [1.165, 1.54) is 12.2 Å². The van der Waals surface area contributed by atoms with Crippen LogP contribution >= 0.6 is 0 Å². The molecule has 0 aromatic heterocycles. The number of aliphatic carboxylic acids is 1. The molecule has 18 heteroatoms. The number of carboxylic acid groups (broad SMARTS) is 1. The quantitative estimate of drug-likeness (QED) is 0.0684. The van der Waals surface area contributed by atoms with Gasteiger partial charge in [0.05, 0.1) is 6.04 Å². The van der Waals surface area contributed by atoms with Crippen molar-refractivity contribution in [3.05, 3.63) is 12.2 Å². The first-order valence-corrected chi connectivity index (χ1v) is 18.6. The predicted octanol–water partition coefficient (Wildman–Crippen LogP) is 3.08. The monoisotopic (exact) mass is 789 g/mol. The summed E-state index contributed by atoms with van der Waals surface area (Å²) in [6.07, 6.45) is 2.97. The van der Waals surface area contributed by atoms with E-state index in [0.717, 1.165) is 17.7 Å². The molecule has 0 unspecified atom stereocenters. The van der Waals surface area contributed by atoms with E-state index in [-0.39, 0.29) is 60.1 Å². The van der Waals surface area contributed by atoms with Crippen LogP contribution in [0.4, 0.5) is 13.2 Å². The molecule has 0 aromatic rings. The van der Waals surface area contributed by atoms with Crippen molar-refractivity contribution in [1.82, 2.24) is 20.9 Å². The Balaban J connectivity index is 0.00000196. The lowest BCUT2D eigenvalue weighted by Crippen LogP contribution is -2.48. The van der Waals surface area contributed by atoms with Crippen molar-refractivity contribution in [2.45, 2.75) is 142 Å². The van der Waals surface area contributed by atoms with Crippen LogP contribution in [0, 0.1) is 17.8 Å². The van der Waals surface area contributed by atoms with Gasteiger partial charge in [0.15, 0.2) is 5.78 Å². The van der Waals surface area contributed by atoms with Gasteiger partial charge in [-0.05, 0) is 78.1 Å². The smallest absolute Gasteiger partial charge is 0.475 e. The summed E-state index contributed by atoms with van der Waals surface area (Å²) in [6, 6.07) is -1.63. The van der Waals surface area contributed by atoms with Gasteiger partial charge >= 0.3 is 18.1 Å². The fourth-order valence-electron chi connectivity index (χ4n) is 5.79. The zero-order valence-corrected chi connectivity index (χ0v) is 32.6. The molecule has 0 aromatic carbocycles. The largest absolute Gasteiger partial charge is 0.490 e. The Hall–Kier alpha value is -4.35. The summed E-state index contributed by atoms with van der Waals surface area (Å²) in [5, 5.41) is 15.6. The van der Waals surface area contributed by atoms with Gasteiger partial charge in [-0.2, -0.15) is 13.2 Å². The highest BCUT2D eigenvalue weighted by atomic mass is 19.4. The minimum absolute atomic E-state index is 0.00214. The minimum Gasteiger partial charge on any atom is -0.475 e. The van der Waals surface area contributed by atoms with Gasteiger partial charge < -0.3 is 31.5 Å². The van der Waals surface area contributed by atoms with Gasteiger partial charge in [-0.1, -0.05) is 27.2 Å². The summed E-state index contributed by atoms with van der Waals surface area (Å²) < 4.78 is 37.3. The van der Waals surface area contributed by atoms with E-state index in [9.17, 15) is 46.7 Å². The van der Waals surface area contributed by atoms with Crippen molar-refractivity contribution in [2.75, 3.05) is 13.1 Å². The first kappa shape index (κ1) is 48.7. The number of nitrogens with zero attached hydrogens (tertiary/aromatic N) is 1. The number of alkyl halides is 3. The number of carboxylic acids is 1. The maximum atomic E-state index is 13.2. The lowest BCUT2D eigenvalue weighted by atomic mass is 9.92. The van der Waals surface area contributed by atoms with Gasteiger partial charge in [-0.15, -0.1) is 0 Å². The van der Waals surface area contributed by atoms with Crippen molar-refractivity contribution in [3.63, 3.8) is 0 Å². The van der Waals surface area contributed by atoms with Gasteiger partial charge in [-0.3, -0.25) is 33.7 Å². The Morgan fingerprint density at radius 2 is 1.53 bits per heavy atom. The molecule has 0 spiro atoms. The number of Topliss-reactive ketones (excluding diaryl/α,β-unsaturated/α-hetero) is 1. The van der Waals surface area contributed by atoms with Gasteiger partial charge in [0.1, 0.15) is 11.6 Å². The SMILES string of the molecule is CC(C)[C@H](NC(=O)CCCCCN1C(=O)C=CC1=O)C(=O)C[C@@H](C)C(=O)N[C@@H](CCCCNC(=O)[C@@H]1CC[C@H](N)C1)C(=O)OC(C)(C)C.O=C(O)C(F)(F)F. The maximum Gasteiger partial charge on any atom is 0.490 e. The molecule has 55 heavy (non-hydrogen) atoms. The zero-order chi connectivity index (χ0) is 42.1. The van der Waals surface area contributed by atoms with Crippen LogP contribution in [-0.4, -0.2) is 100 Å². The number of hydrogen-bond donors (Lipinski definition) is 5. The molecule has 5 amide bonds. The Labute approximate surface area is 320 Å². The minimum atomic E-state index is -5.08. The van der Waals surface area contributed by atoms with Crippen molar-refractivity contribution < 1.29 is 61.4 Å². The fraction of sp³-hybridized carbons (Fsp3) is 0.730. The fourth-order valence-corrected chi connectivity index (χ4v) is 5.79. The van der Waals surface area contributed by atoms with Crippen LogP contribution in [0.2, 0.25) is 0 Å². The third kappa shape index (κ3) is 19.2. The average Bonchev–Trinajstić information content (AvgIpc) is 3.65. The molecule has 1 heterocycles. The number of nitrogens with two attached hydrogens (primary N) is 1. The lowest BCUT2D eigenvalue weighted by Gasteiger charge is -2.26. The van der Waals surface area contributed by atoms with Gasteiger partial charge in [0.25, 0.3) is 11.8 Å². The number of imide groups is 1. The molecule has 1 fully saturated rings. The molecule has 0 bridgehead atoms. The van der Waals surface area contributed by atoms with E-state index in [2.05, 4.69) is 16.0 Å². The number of hydrogen-bond acceptors (Lipinski definition) is 10. The topological polar surface area (TPSA) is 231 Å². The molecule has 0 saturated heterocycles. The van der Waals surface area contributed by atoms with Crippen molar-refractivity contribution >= 4 is 47.3 Å². The zero-order valence-electron chi connectivity index (χ0n) is 32.6. The predicted molar refractivity (Wildman–Crippen MR) is 194 cm³/mol. The third-order valence-corrected chi connectivity index (χ3v) is 8.78. The molecule has 1 aliphatic carbocycles. The molecular formula is C37H58F3N5O10. The van der Waals surface area contributed by atoms with Crippen molar-refractivity contribution in [3.8, 4) is 0 Å². The van der Waals surface area contributed by atoms with E-state index in [1.54, 1.807) is 27.7 Å². The van der Waals surface area contributed by atoms with E-state index in [0.29, 0.717) is 58.0 Å². The molecule has 1 aliphatic heterocycles. The molecule has 2 aliphatic rings. The molecular weight excluding hydrogens is 731 g/mol. The standard InChI is InChI=1S/C35H57N5O8.C2HF3O2/c1-22(2)31(39-28(42)13-8-7-11-19-40-29(43)16-17-30(40)44)27(41)20-23(3)32(45)38-26(34(47)48-35(4,5)6)12-9-10-18-37-33(46)24-14-15-25(36)21-24;3-2(4,5)1(6)7/h16-17,22-26,31H,7-15,18-21,36H2,1-6H3,(H,37,46)(H,38,45)(H,39,42);(H,6,7)/t23-,24-,25+,26+,31+;/m1./s1. The van der Waals surface area contributed by atoms with E-state index >= 15 is 0 Å². The number of carbonyl (C=O) groups excluding carboxylic acids is 7. The second-order valence-corrected chi connectivity index (χ2v) is 15.3. The summed E-state index contributed by atoms with van der Waals surface area (Å²) in [4.78, 5) is 97.8. The number of esters is 1. The molecule has 312 valence electrons. The molecule has 2 rings (SSSR count). The van der Waals surface area contributed by atoms with Gasteiger partial charge in [-0.25, -0.2) is 9.59 Å². The second kappa shape index (κ2) is 22.9. The highest BCUT2D eigenvalue weighted by molar-refractivity contribution is 6.12. The number of unbranched alkanes of at least 4 members (excludes halogenated alkanes) is 3. The first-order valence-electron chi connectivity index (χ1n) is 18.6. The lowest BCUT2D eigenvalue weighted by molar-refractivity contribution is -0.192. The Morgan fingerprint density at radius 1 is 0.927 bits per heavy atom. The Morgan fingerprint density at radius 3 is 2.04 bits per heavy atom. The molecule has 5 atom stereocenters. The van der Waals surface area contributed by atoms with Crippen LogP contribution in [0.25, 0.3) is 0 Å². The third-order valence-electron chi connectivity index (χ3n) is 8.78. The van der Waals surface area contributed by atoms with Crippen LogP contribution in [-0.2, 0) is 43.1 Å². The molecule has 15 nitrogen and oxygen atoms in total. The summed E-state index contributed by atoms with van der Waals surface area (Å²) in [6.45, 7) is 11.2. The number of ether oxygens (including phenoxy) is 1. The first-order chi connectivity index (χ1) is 25.4. The van der Waals surface area contributed by atoms with E-state index < -0.39 is 47.6 Å². The van der Waals surface area contributed by atoms with Gasteiger partial charge in [0.2, 0.25) is 17.7 Å². The number of carbonyl (C=O) groups is 8. The number of ketones is 1. The number of halogens is 3. The highest BCUT2D eigenvalue weighted by Crippen LogP contribution is 2.24. The van der Waals surface area contributed by atoms with Gasteiger partial charge in [0, 0.05) is 56.0 Å². The molecule has 6 N–H and O–H groups in total. The number of amides is 5. The average molecular weight is 790 g/mol. The Bertz CT molecular complexity index is 1380. The van der Waals surface area contributed by atoms with Crippen LogP contribution < -0.4 is 21.7 Å².